The Morgan fingerprint density at radius 2 is 1.73 bits per heavy atom. The number of hydrogen-bond donors (Lipinski definition) is 2. The number of amides is 1. The molecule has 0 atom stereocenters. The minimum atomic E-state index is -3.67. The fourth-order valence-electron chi connectivity index (χ4n) is 3.50. The first-order valence-corrected chi connectivity index (χ1v) is 12.2. The third kappa shape index (κ3) is 5.32. The van der Waals surface area contributed by atoms with Crippen LogP contribution in [0, 0.1) is 6.92 Å². The molecule has 0 radical (unpaired) electrons. The summed E-state index contributed by atoms with van der Waals surface area (Å²) in [5, 5.41) is 5.51. The third-order valence-corrected chi connectivity index (χ3v) is 7.22. The quantitative estimate of drug-likeness (QED) is 0.523. The number of nitrogens with zero attached hydrogens (tertiary/aromatic N) is 1. The van der Waals surface area contributed by atoms with Gasteiger partial charge in [-0.2, -0.15) is 0 Å². The molecule has 4 rings (SSSR count). The second-order valence-corrected chi connectivity index (χ2v) is 9.85. The molecule has 3 aromatic carbocycles. The van der Waals surface area contributed by atoms with Crippen LogP contribution < -0.4 is 19.7 Å². The fourth-order valence-corrected chi connectivity index (χ4v) is 5.24. The Morgan fingerprint density at radius 1 is 1.03 bits per heavy atom. The van der Waals surface area contributed by atoms with Crippen LogP contribution in [0.4, 0.5) is 11.4 Å². The summed E-state index contributed by atoms with van der Waals surface area (Å²) in [6.07, 6.45) is 0.691. The number of rotatable bonds is 6. The molecule has 170 valence electrons. The van der Waals surface area contributed by atoms with Crippen LogP contribution in [0.25, 0.3) is 0 Å². The zero-order chi connectivity index (χ0) is 23.4. The lowest BCUT2D eigenvalue weighted by molar-refractivity contribution is -0.121. The molecule has 0 fully saturated rings. The van der Waals surface area contributed by atoms with Gasteiger partial charge in [-0.15, -0.1) is 0 Å². The summed E-state index contributed by atoms with van der Waals surface area (Å²) >= 11 is 5.17. The van der Waals surface area contributed by atoms with Crippen LogP contribution in [0.1, 0.15) is 11.1 Å². The molecule has 1 aliphatic heterocycles. The van der Waals surface area contributed by atoms with Gasteiger partial charge < -0.3 is 10.1 Å². The minimum Gasteiger partial charge on any atom is -0.484 e. The molecule has 0 aromatic heterocycles. The van der Waals surface area contributed by atoms with E-state index >= 15 is 0 Å². The van der Waals surface area contributed by atoms with Gasteiger partial charge in [0.05, 0.1) is 10.6 Å². The van der Waals surface area contributed by atoms with Gasteiger partial charge in [0.2, 0.25) is 0 Å². The fraction of sp³-hybridized carbons (Fsp3) is 0.167. The third-order valence-electron chi connectivity index (χ3n) is 5.19. The summed E-state index contributed by atoms with van der Waals surface area (Å²) in [7, 11) is -3.67. The normalized spacial score (nSPS) is 12.7. The van der Waals surface area contributed by atoms with E-state index in [1.807, 2.05) is 43.3 Å². The summed E-state index contributed by atoms with van der Waals surface area (Å²) in [4.78, 5) is 12.3. The van der Waals surface area contributed by atoms with Gasteiger partial charge in [0.25, 0.3) is 15.9 Å². The van der Waals surface area contributed by atoms with E-state index in [2.05, 4.69) is 10.6 Å². The Balaban J connectivity index is 1.33. The lowest BCUT2D eigenvalue weighted by Gasteiger charge is -2.19. The van der Waals surface area contributed by atoms with Gasteiger partial charge in [-0.1, -0.05) is 35.9 Å². The van der Waals surface area contributed by atoms with Crippen molar-refractivity contribution >= 4 is 44.6 Å². The summed E-state index contributed by atoms with van der Waals surface area (Å²) in [5.41, 5.74) is 3.39. The average molecular weight is 482 g/mol. The minimum absolute atomic E-state index is 0.0941. The van der Waals surface area contributed by atoms with Gasteiger partial charge >= 0.3 is 0 Å². The summed E-state index contributed by atoms with van der Waals surface area (Å²) in [6, 6.07) is 21.1. The molecule has 2 N–H and O–H groups in total. The smallest absolute Gasteiger partial charge is 0.264 e. The molecule has 0 unspecified atom stereocenters. The highest BCUT2D eigenvalue weighted by Gasteiger charge is 2.30. The van der Waals surface area contributed by atoms with Gasteiger partial charge in [0.1, 0.15) is 5.75 Å². The number of sulfonamides is 1. The van der Waals surface area contributed by atoms with Crippen molar-refractivity contribution in [2.45, 2.75) is 18.2 Å². The predicted octanol–water partition coefficient (Wildman–Crippen LogP) is 3.64. The molecule has 0 aliphatic carbocycles. The van der Waals surface area contributed by atoms with E-state index in [0.717, 1.165) is 16.8 Å². The molecule has 0 bridgehead atoms. The number of para-hydroxylation sites is 1. The Bertz CT molecular complexity index is 1270. The van der Waals surface area contributed by atoms with E-state index in [1.165, 1.54) is 16.4 Å². The Hall–Kier alpha value is -3.43. The molecule has 0 saturated carbocycles. The molecule has 1 amide bonds. The van der Waals surface area contributed by atoms with Crippen LogP contribution in [0.15, 0.2) is 77.7 Å². The number of aryl methyl sites for hydroxylation is 1. The van der Waals surface area contributed by atoms with Crippen molar-refractivity contribution in [3.8, 4) is 5.75 Å². The number of carbonyl (C=O) groups is 1. The number of hydrogen-bond acceptors (Lipinski definition) is 5. The first kappa shape index (κ1) is 22.8. The van der Waals surface area contributed by atoms with Crippen LogP contribution in [-0.2, 0) is 21.2 Å². The maximum Gasteiger partial charge on any atom is 0.264 e. The molecule has 0 spiro atoms. The number of thiocarbonyl (C=S) groups is 1. The topological polar surface area (TPSA) is 87.7 Å². The van der Waals surface area contributed by atoms with Gasteiger partial charge in [0.15, 0.2) is 11.7 Å². The Kier molecular flexibility index (Phi) is 6.62. The van der Waals surface area contributed by atoms with Crippen molar-refractivity contribution in [1.29, 1.82) is 0 Å². The molecule has 7 nitrogen and oxygen atoms in total. The standard InChI is InChI=1S/C24H23N3O4S2/c1-17-6-10-20(11-7-17)31-16-23(28)26-24(32)25-19-8-12-21(13-9-19)33(29,30)27-15-14-18-4-2-3-5-22(18)27/h2-13H,14-16H2,1H3,(H2,25,26,28,32). The monoisotopic (exact) mass is 481 g/mol. The highest BCUT2D eigenvalue weighted by Crippen LogP contribution is 2.32. The first-order valence-electron chi connectivity index (χ1n) is 10.3. The van der Waals surface area contributed by atoms with Crippen LogP contribution >= 0.6 is 12.2 Å². The van der Waals surface area contributed by atoms with Crippen molar-refractivity contribution in [2.75, 3.05) is 22.8 Å². The van der Waals surface area contributed by atoms with E-state index in [4.69, 9.17) is 17.0 Å². The number of nitrogens with one attached hydrogen (secondary N) is 2. The second kappa shape index (κ2) is 9.60. The molecular weight excluding hydrogens is 458 g/mol. The van der Waals surface area contributed by atoms with E-state index in [0.29, 0.717) is 24.4 Å². The van der Waals surface area contributed by atoms with E-state index < -0.39 is 15.9 Å². The lowest BCUT2D eigenvalue weighted by atomic mass is 10.2. The van der Waals surface area contributed by atoms with Crippen molar-refractivity contribution in [3.63, 3.8) is 0 Å². The van der Waals surface area contributed by atoms with Gasteiger partial charge in [-0.3, -0.25) is 14.4 Å². The molecule has 3 aromatic rings. The molecule has 1 heterocycles. The Labute approximate surface area is 198 Å². The number of carbonyl (C=O) groups excluding carboxylic acids is 1. The molecule has 9 heteroatoms. The number of benzene rings is 3. The predicted molar refractivity (Wildman–Crippen MR) is 132 cm³/mol. The Morgan fingerprint density at radius 3 is 2.45 bits per heavy atom. The van der Waals surface area contributed by atoms with Crippen LogP contribution in [0.3, 0.4) is 0 Å². The molecule has 33 heavy (non-hydrogen) atoms. The largest absolute Gasteiger partial charge is 0.484 e. The van der Waals surface area contributed by atoms with Crippen molar-refractivity contribution in [3.05, 3.63) is 83.9 Å². The lowest BCUT2D eigenvalue weighted by Crippen LogP contribution is -2.37. The van der Waals surface area contributed by atoms with Gasteiger partial charge in [-0.25, -0.2) is 8.42 Å². The maximum atomic E-state index is 13.1. The van der Waals surface area contributed by atoms with Crippen LogP contribution in [-0.4, -0.2) is 32.6 Å². The van der Waals surface area contributed by atoms with E-state index in [-0.39, 0.29) is 16.6 Å². The first-order chi connectivity index (χ1) is 15.8. The molecule has 0 saturated heterocycles. The SMILES string of the molecule is Cc1ccc(OCC(=O)NC(=S)Nc2ccc(S(=O)(=O)N3CCc4ccccc43)cc2)cc1. The van der Waals surface area contributed by atoms with Crippen LogP contribution in [0.2, 0.25) is 0 Å². The van der Waals surface area contributed by atoms with Crippen LogP contribution in [0.5, 0.6) is 5.75 Å². The zero-order valence-electron chi connectivity index (χ0n) is 17.9. The second-order valence-electron chi connectivity index (χ2n) is 7.58. The number of anilines is 2. The summed E-state index contributed by atoms with van der Waals surface area (Å²) in [6.45, 7) is 2.20. The summed E-state index contributed by atoms with van der Waals surface area (Å²) in [5.74, 6) is 0.187. The van der Waals surface area contributed by atoms with Gasteiger partial charge in [-0.05, 0) is 73.6 Å². The van der Waals surface area contributed by atoms with Crippen molar-refractivity contribution in [1.82, 2.24) is 5.32 Å². The van der Waals surface area contributed by atoms with Crippen molar-refractivity contribution < 1.29 is 17.9 Å². The number of fused-ring (bicyclic) bond motifs is 1. The van der Waals surface area contributed by atoms with Crippen molar-refractivity contribution in [2.24, 2.45) is 0 Å². The summed E-state index contributed by atoms with van der Waals surface area (Å²) < 4.78 is 33.0. The molecular formula is C24H23N3O4S2. The highest BCUT2D eigenvalue weighted by molar-refractivity contribution is 7.92. The van der Waals surface area contributed by atoms with Gasteiger partial charge in [0, 0.05) is 12.2 Å². The average Bonchev–Trinajstić information content (AvgIpc) is 3.24. The molecule has 1 aliphatic rings. The maximum absolute atomic E-state index is 13.1. The highest BCUT2D eigenvalue weighted by atomic mass is 32.2. The zero-order valence-corrected chi connectivity index (χ0v) is 19.6. The number of ether oxygens (including phenoxy) is 1. The van der Waals surface area contributed by atoms with E-state index in [9.17, 15) is 13.2 Å². The van der Waals surface area contributed by atoms with E-state index in [1.54, 1.807) is 24.3 Å².